The number of nitrogens with zero attached hydrogens (tertiary/aromatic N) is 6. The van der Waals surface area contributed by atoms with E-state index in [1.807, 2.05) is 18.2 Å². The molecular formula is C31H22ClFN6O4. The molecule has 0 saturated carbocycles. The molecule has 0 radical (unpaired) electrons. The first-order chi connectivity index (χ1) is 20.8. The molecule has 10 nitrogen and oxygen atoms in total. The summed E-state index contributed by atoms with van der Waals surface area (Å²) in [4.78, 5) is 48.9. The highest BCUT2D eigenvalue weighted by Gasteiger charge is 2.38. The summed E-state index contributed by atoms with van der Waals surface area (Å²) in [6, 6.07) is 15.0. The second-order valence-electron chi connectivity index (χ2n) is 9.92. The van der Waals surface area contributed by atoms with E-state index < -0.39 is 23.7 Å². The van der Waals surface area contributed by atoms with Crippen molar-refractivity contribution in [2.24, 2.45) is 0 Å². The quantitative estimate of drug-likeness (QED) is 0.284. The second-order valence-corrected chi connectivity index (χ2v) is 10.3. The Morgan fingerprint density at radius 2 is 1.74 bits per heavy atom. The summed E-state index contributed by atoms with van der Waals surface area (Å²) in [5.74, 6) is -2.60. The summed E-state index contributed by atoms with van der Waals surface area (Å²) < 4.78 is 15.8. The van der Waals surface area contributed by atoms with E-state index >= 15 is 0 Å². The van der Waals surface area contributed by atoms with Crippen LogP contribution in [0.25, 0.3) is 16.8 Å². The number of hydrogen-bond donors (Lipinski definition) is 1. The molecule has 1 aliphatic heterocycles. The molecule has 214 valence electrons. The SMILES string of the molecule is O=C(O)c1ccc(CC(=O)[C@H]2c3cccc(-c4cncnc4)c3CCN2C(=O)c2cn(-c3cccc(Cl)c3F)nn2)cc1. The highest BCUT2D eigenvalue weighted by molar-refractivity contribution is 6.30. The number of carbonyl (C=O) groups is 3. The van der Waals surface area contributed by atoms with E-state index in [-0.39, 0.29) is 40.7 Å². The van der Waals surface area contributed by atoms with Gasteiger partial charge in [0.2, 0.25) is 0 Å². The van der Waals surface area contributed by atoms with Gasteiger partial charge in [0.1, 0.15) is 18.1 Å². The fourth-order valence-corrected chi connectivity index (χ4v) is 5.47. The molecule has 2 aromatic heterocycles. The van der Waals surface area contributed by atoms with Crippen LogP contribution in [0, 0.1) is 5.82 Å². The van der Waals surface area contributed by atoms with Gasteiger partial charge in [-0.25, -0.2) is 23.8 Å². The molecule has 6 rings (SSSR count). The number of benzene rings is 3. The van der Waals surface area contributed by atoms with Gasteiger partial charge in [-0.3, -0.25) is 9.59 Å². The molecule has 0 aliphatic carbocycles. The van der Waals surface area contributed by atoms with Crippen molar-refractivity contribution in [3.63, 3.8) is 0 Å². The van der Waals surface area contributed by atoms with E-state index in [1.165, 1.54) is 41.7 Å². The molecule has 0 saturated heterocycles. The number of aromatic nitrogens is 5. The average Bonchev–Trinajstić information content (AvgIpc) is 3.52. The summed E-state index contributed by atoms with van der Waals surface area (Å²) in [6.07, 6.45) is 6.51. The Bertz CT molecular complexity index is 1860. The van der Waals surface area contributed by atoms with Crippen LogP contribution in [0.1, 0.15) is 43.6 Å². The highest BCUT2D eigenvalue weighted by atomic mass is 35.5. The third-order valence-corrected chi connectivity index (χ3v) is 7.62. The predicted molar refractivity (Wildman–Crippen MR) is 153 cm³/mol. The Morgan fingerprint density at radius 1 is 1.00 bits per heavy atom. The Morgan fingerprint density at radius 3 is 2.49 bits per heavy atom. The number of amides is 1. The molecule has 3 heterocycles. The van der Waals surface area contributed by atoms with E-state index in [1.54, 1.807) is 30.6 Å². The van der Waals surface area contributed by atoms with Gasteiger partial charge in [-0.1, -0.05) is 53.2 Å². The maximum absolute atomic E-state index is 14.6. The highest BCUT2D eigenvalue weighted by Crippen LogP contribution is 2.37. The third kappa shape index (κ3) is 5.38. The standard InChI is InChI=1S/C31H22ClFN6O4/c32-24-5-2-6-26(28(24)33)39-16-25(36-37-39)30(41)38-12-11-22-21(20-14-34-17-35-15-20)3-1-4-23(22)29(38)27(40)13-18-7-9-19(10-8-18)31(42)43/h1-10,14-17,29H,11-13H2,(H,42,43)/t29-/m1/s1. The molecule has 1 N–H and O–H groups in total. The van der Waals surface area contributed by atoms with E-state index in [2.05, 4.69) is 20.3 Å². The molecule has 43 heavy (non-hydrogen) atoms. The van der Waals surface area contributed by atoms with Crippen molar-refractivity contribution in [2.75, 3.05) is 6.54 Å². The third-order valence-electron chi connectivity index (χ3n) is 7.33. The summed E-state index contributed by atoms with van der Waals surface area (Å²) in [6.45, 7) is 0.198. The van der Waals surface area contributed by atoms with Crippen molar-refractivity contribution < 1.29 is 23.9 Å². The first-order valence-electron chi connectivity index (χ1n) is 13.2. The Hall–Kier alpha value is -5.29. The molecule has 0 fully saturated rings. The van der Waals surface area contributed by atoms with Gasteiger partial charge in [0.25, 0.3) is 5.91 Å². The van der Waals surface area contributed by atoms with Crippen molar-refractivity contribution in [1.29, 1.82) is 0 Å². The van der Waals surface area contributed by atoms with Crippen LogP contribution in [0.4, 0.5) is 4.39 Å². The number of hydrogen-bond acceptors (Lipinski definition) is 7. The Kier molecular flexibility index (Phi) is 7.47. The summed E-state index contributed by atoms with van der Waals surface area (Å²) >= 11 is 5.92. The lowest BCUT2D eigenvalue weighted by molar-refractivity contribution is -0.123. The number of Topliss-reactive ketones (excluding diaryl/α,β-unsaturated/α-hetero) is 1. The molecule has 12 heteroatoms. The van der Waals surface area contributed by atoms with E-state index in [0.29, 0.717) is 17.5 Å². The van der Waals surface area contributed by atoms with Crippen LogP contribution in [0.2, 0.25) is 5.02 Å². The average molecular weight is 597 g/mol. The predicted octanol–water partition coefficient (Wildman–Crippen LogP) is 4.77. The van der Waals surface area contributed by atoms with Gasteiger partial charge in [-0.15, -0.1) is 5.10 Å². The van der Waals surface area contributed by atoms with Crippen LogP contribution in [0.3, 0.4) is 0 Å². The zero-order valence-electron chi connectivity index (χ0n) is 22.4. The van der Waals surface area contributed by atoms with Crippen LogP contribution in [0.5, 0.6) is 0 Å². The maximum atomic E-state index is 14.6. The van der Waals surface area contributed by atoms with Gasteiger partial charge in [-0.2, -0.15) is 0 Å². The van der Waals surface area contributed by atoms with Crippen LogP contribution in [-0.2, 0) is 17.6 Å². The van der Waals surface area contributed by atoms with E-state index in [0.717, 1.165) is 21.4 Å². The first-order valence-corrected chi connectivity index (χ1v) is 13.6. The fraction of sp³-hybridized carbons (Fsp3) is 0.129. The summed E-state index contributed by atoms with van der Waals surface area (Å²) in [5.41, 5.74) is 3.84. The lowest BCUT2D eigenvalue weighted by atomic mass is 9.84. The topological polar surface area (TPSA) is 131 Å². The van der Waals surface area contributed by atoms with Gasteiger partial charge >= 0.3 is 5.97 Å². The zero-order chi connectivity index (χ0) is 30.1. The van der Waals surface area contributed by atoms with Crippen LogP contribution < -0.4 is 0 Å². The first kappa shape index (κ1) is 27.9. The molecular weight excluding hydrogens is 575 g/mol. The number of aromatic carboxylic acids is 1. The number of ketones is 1. The minimum Gasteiger partial charge on any atom is -0.478 e. The monoisotopic (exact) mass is 596 g/mol. The molecule has 0 unspecified atom stereocenters. The molecule has 0 bridgehead atoms. The van der Waals surface area contributed by atoms with Gasteiger partial charge < -0.3 is 10.0 Å². The van der Waals surface area contributed by atoms with Crippen LogP contribution >= 0.6 is 11.6 Å². The zero-order valence-corrected chi connectivity index (χ0v) is 23.1. The van der Waals surface area contributed by atoms with Crippen LogP contribution in [-0.4, -0.2) is 59.2 Å². The smallest absolute Gasteiger partial charge is 0.335 e. The lowest BCUT2D eigenvalue weighted by Crippen LogP contribution is -2.44. The second kappa shape index (κ2) is 11.5. The Labute approximate surface area is 249 Å². The normalized spacial score (nSPS) is 14.3. The largest absolute Gasteiger partial charge is 0.478 e. The van der Waals surface area contributed by atoms with Crippen molar-refractivity contribution in [3.8, 4) is 16.8 Å². The van der Waals surface area contributed by atoms with Gasteiger partial charge in [0, 0.05) is 30.9 Å². The molecule has 1 amide bonds. The summed E-state index contributed by atoms with van der Waals surface area (Å²) in [5, 5.41) is 17.1. The maximum Gasteiger partial charge on any atom is 0.335 e. The van der Waals surface area contributed by atoms with Crippen molar-refractivity contribution in [2.45, 2.75) is 18.9 Å². The lowest BCUT2D eigenvalue weighted by Gasteiger charge is -2.37. The number of fused-ring (bicyclic) bond motifs is 1. The van der Waals surface area contributed by atoms with Crippen molar-refractivity contribution in [1.82, 2.24) is 29.9 Å². The number of rotatable bonds is 7. The van der Waals surface area contributed by atoms with Gasteiger partial charge in [-0.05, 0) is 52.9 Å². The minimum absolute atomic E-state index is 0.0233. The molecule has 1 atom stereocenters. The van der Waals surface area contributed by atoms with E-state index in [9.17, 15) is 23.9 Å². The Balaban J connectivity index is 1.38. The number of halogens is 2. The molecule has 3 aromatic carbocycles. The fourth-order valence-electron chi connectivity index (χ4n) is 5.30. The molecule has 0 spiro atoms. The van der Waals surface area contributed by atoms with Crippen molar-refractivity contribution >= 4 is 29.3 Å². The summed E-state index contributed by atoms with van der Waals surface area (Å²) in [7, 11) is 0. The minimum atomic E-state index is -1.07. The van der Waals surface area contributed by atoms with E-state index in [4.69, 9.17) is 11.6 Å². The molecule has 1 aliphatic rings. The van der Waals surface area contributed by atoms with Crippen LogP contribution in [0.15, 0.2) is 85.6 Å². The number of carboxylic acids is 1. The van der Waals surface area contributed by atoms with Gasteiger partial charge in [0.15, 0.2) is 17.3 Å². The number of carbonyl (C=O) groups excluding carboxylic acids is 2. The van der Waals surface area contributed by atoms with Crippen molar-refractivity contribution in [3.05, 3.63) is 124 Å². The molecule has 5 aromatic rings. The number of carboxylic acid groups (broad SMARTS) is 1. The van der Waals surface area contributed by atoms with Gasteiger partial charge in [0.05, 0.1) is 16.8 Å².